The third-order valence-electron chi connectivity index (χ3n) is 4.60. The van der Waals surface area contributed by atoms with Gasteiger partial charge in [0.05, 0.1) is 20.3 Å². The standard InChI is InChI=1S/C23H26N2O4S/c1-4-28-20-10-9-16(15-21(20)29-5-2)11-12-25-22(26)19(24-23(25)30)14-17-7-6-8-18(13-17)27-3/h6-10,13-15H,4-5,11-12H2,1-3H3,(H,24,30)/b19-14+. The second-order valence-electron chi connectivity index (χ2n) is 6.62. The van der Waals surface area contributed by atoms with E-state index in [9.17, 15) is 4.79 Å². The molecule has 0 atom stereocenters. The summed E-state index contributed by atoms with van der Waals surface area (Å²) < 4.78 is 16.5. The lowest BCUT2D eigenvalue weighted by Crippen LogP contribution is -2.32. The molecule has 3 rings (SSSR count). The van der Waals surface area contributed by atoms with Crippen molar-refractivity contribution in [2.75, 3.05) is 26.9 Å². The number of carbonyl (C=O) groups is 1. The first-order valence-electron chi connectivity index (χ1n) is 9.92. The highest BCUT2D eigenvalue weighted by atomic mass is 32.1. The largest absolute Gasteiger partial charge is 0.497 e. The smallest absolute Gasteiger partial charge is 0.276 e. The number of methoxy groups -OCH3 is 1. The maximum Gasteiger partial charge on any atom is 0.276 e. The number of nitrogens with one attached hydrogen (secondary N) is 1. The molecule has 1 saturated heterocycles. The van der Waals surface area contributed by atoms with Gasteiger partial charge in [0.25, 0.3) is 5.91 Å². The van der Waals surface area contributed by atoms with Gasteiger partial charge in [-0.2, -0.15) is 0 Å². The van der Waals surface area contributed by atoms with Gasteiger partial charge in [-0.3, -0.25) is 9.69 Å². The van der Waals surface area contributed by atoms with E-state index in [4.69, 9.17) is 26.4 Å². The fourth-order valence-corrected chi connectivity index (χ4v) is 3.45. The second-order valence-corrected chi connectivity index (χ2v) is 7.01. The maximum atomic E-state index is 12.8. The molecule has 0 radical (unpaired) electrons. The first-order chi connectivity index (χ1) is 14.5. The minimum absolute atomic E-state index is 0.140. The number of hydrogen-bond acceptors (Lipinski definition) is 5. The van der Waals surface area contributed by atoms with Crippen molar-refractivity contribution in [3.05, 3.63) is 59.3 Å². The zero-order chi connectivity index (χ0) is 21.5. The van der Waals surface area contributed by atoms with Crippen LogP contribution in [0, 0.1) is 0 Å². The Labute approximate surface area is 182 Å². The van der Waals surface area contributed by atoms with Gasteiger partial charge in [0.15, 0.2) is 16.6 Å². The third-order valence-corrected chi connectivity index (χ3v) is 4.92. The summed E-state index contributed by atoms with van der Waals surface area (Å²) in [5.74, 6) is 2.03. The van der Waals surface area contributed by atoms with Crippen molar-refractivity contribution >= 4 is 29.3 Å². The fourth-order valence-electron chi connectivity index (χ4n) is 3.16. The van der Waals surface area contributed by atoms with Gasteiger partial charge in [0, 0.05) is 6.54 Å². The molecular formula is C23H26N2O4S. The minimum Gasteiger partial charge on any atom is -0.497 e. The molecule has 158 valence electrons. The monoisotopic (exact) mass is 426 g/mol. The molecule has 0 aromatic heterocycles. The zero-order valence-electron chi connectivity index (χ0n) is 17.4. The van der Waals surface area contributed by atoms with Crippen LogP contribution < -0.4 is 19.5 Å². The van der Waals surface area contributed by atoms with Gasteiger partial charge < -0.3 is 19.5 Å². The van der Waals surface area contributed by atoms with Crippen molar-refractivity contribution in [1.29, 1.82) is 0 Å². The number of nitrogens with zero attached hydrogens (tertiary/aromatic N) is 1. The normalized spacial score (nSPS) is 14.8. The first kappa shape index (κ1) is 21.6. The Hall–Kier alpha value is -3.06. The summed E-state index contributed by atoms with van der Waals surface area (Å²) in [6, 6.07) is 13.4. The third kappa shape index (κ3) is 5.10. The van der Waals surface area contributed by atoms with Gasteiger partial charge in [-0.05, 0) is 74.0 Å². The summed E-state index contributed by atoms with van der Waals surface area (Å²) in [7, 11) is 1.61. The average Bonchev–Trinajstić information content (AvgIpc) is 3.01. The van der Waals surface area contributed by atoms with Crippen LogP contribution in [0.5, 0.6) is 17.2 Å². The Bertz CT molecular complexity index is 958. The Morgan fingerprint density at radius 2 is 1.83 bits per heavy atom. The topological polar surface area (TPSA) is 60.0 Å². The maximum absolute atomic E-state index is 12.8. The molecule has 0 bridgehead atoms. The van der Waals surface area contributed by atoms with E-state index in [0.29, 0.717) is 42.7 Å². The van der Waals surface area contributed by atoms with Gasteiger partial charge >= 0.3 is 0 Å². The van der Waals surface area contributed by atoms with Crippen molar-refractivity contribution < 1.29 is 19.0 Å². The number of rotatable bonds is 9. The van der Waals surface area contributed by atoms with Crippen LogP contribution in [0.25, 0.3) is 6.08 Å². The molecular weight excluding hydrogens is 400 g/mol. The molecule has 0 unspecified atom stereocenters. The van der Waals surface area contributed by atoms with Crippen LogP contribution in [0.1, 0.15) is 25.0 Å². The molecule has 1 aliphatic rings. The van der Waals surface area contributed by atoms with Gasteiger partial charge in [-0.25, -0.2) is 0 Å². The first-order valence-corrected chi connectivity index (χ1v) is 10.3. The number of thiocarbonyl (C=S) groups is 1. The van der Waals surface area contributed by atoms with E-state index in [0.717, 1.165) is 22.6 Å². The van der Waals surface area contributed by atoms with Crippen LogP contribution in [0.4, 0.5) is 0 Å². The number of carbonyl (C=O) groups excluding carboxylic acids is 1. The molecule has 0 spiro atoms. The molecule has 1 N–H and O–H groups in total. The Kier molecular flexibility index (Phi) is 7.30. The number of hydrogen-bond donors (Lipinski definition) is 1. The van der Waals surface area contributed by atoms with Gasteiger partial charge in [0.2, 0.25) is 0 Å². The molecule has 0 saturated carbocycles. The van der Waals surface area contributed by atoms with Crippen LogP contribution in [0.15, 0.2) is 48.2 Å². The molecule has 1 heterocycles. The summed E-state index contributed by atoms with van der Waals surface area (Å²) in [6.07, 6.45) is 2.42. The summed E-state index contributed by atoms with van der Waals surface area (Å²) >= 11 is 5.38. The van der Waals surface area contributed by atoms with E-state index in [1.165, 1.54) is 0 Å². The fraction of sp³-hybridized carbons (Fsp3) is 0.304. The second kappa shape index (κ2) is 10.1. The lowest BCUT2D eigenvalue weighted by Gasteiger charge is -2.15. The van der Waals surface area contributed by atoms with Gasteiger partial charge in [-0.1, -0.05) is 18.2 Å². The van der Waals surface area contributed by atoms with E-state index in [-0.39, 0.29) is 5.91 Å². The van der Waals surface area contributed by atoms with Crippen LogP contribution in [-0.2, 0) is 11.2 Å². The molecule has 1 fully saturated rings. The Morgan fingerprint density at radius 3 is 2.57 bits per heavy atom. The lowest BCUT2D eigenvalue weighted by molar-refractivity contribution is -0.122. The predicted molar refractivity (Wildman–Crippen MR) is 121 cm³/mol. The van der Waals surface area contributed by atoms with Crippen molar-refractivity contribution in [3.63, 3.8) is 0 Å². The number of amides is 1. The van der Waals surface area contributed by atoms with Crippen molar-refractivity contribution in [2.24, 2.45) is 0 Å². The SMILES string of the molecule is CCOc1ccc(CCN2C(=O)/C(=C\c3cccc(OC)c3)NC2=S)cc1OCC. The van der Waals surface area contributed by atoms with Crippen molar-refractivity contribution in [1.82, 2.24) is 10.2 Å². The molecule has 7 heteroatoms. The molecule has 1 amide bonds. The van der Waals surface area contributed by atoms with Gasteiger partial charge in [-0.15, -0.1) is 0 Å². The quantitative estimate of drug-likeness (QED) is 0.486. The minimum atomic E-state index is -0.140. The molecule has 2 aromatic rings. The van der Waals surface area contributed by atoms with E-state index in [2.05, 4.69) is 5.32 Å². The highest BCUT2D eigenvalue weighted by Crippen LogP contribution is 2.29. The highest BCUT2D eigenvalue weighted by Gasteiger charge is 2.30. The summed E-state index contributed by atoms with van der Waals surface area (Å²) in [6.45, 7) is 5.48. The molecule has 2 aromatic carbocycles. The summed E-state index contributed by atoms with van der Waals surface area (Å²) in [5, 5.41) is 3.42. The predicted octanol–water partition coefficient (Wildman–Crippen LogP) is 3.79. The van der Waals surface area contributed by atoms with E-state index in [1.54, 1.807) is 18.1 Å². The average molecular weight is 427 g/mol. The number of ether oxygens (including phenoxy) is 3. The van der Waals surface area contributed by atoms with Crippen LogP contribution in [-0.4, -0.2) is 42.8 Å². The molecule has 6 nitrogen and oxygen atoms in total. The highest BCUT2D eigenvalue weighted by molar-refractivity contribution is 7.80. The Morgan fingerprint density at radius 1 is 1.07 bits per heavy atom. The zero-order valence-corrected chi connectivity index (χ0v) is 18.3. The van der Waals surface area contributed by atoms with Crippen LogP contribution in [0.2, 0.25) is 0 Å². The molecule has 30 heavy (non-hydrogen) atoms. The van der Waals surface area contributed by atoms with E-state index >= 15 is 0 Å². The number of benzene rings is 2. The van der Waals surface area contributed by atoms with E-state index in [1.807, 2.05) is 56.3 Å². The summed E-state index contributed by atoms with van der Waals surface area (Å²) in [5.41, 5.74) is 2.36. The van der Waals surface area contributed by atoms with E-state index < -0.39 is 0 Å². The molecule has 0 aliphatic carbocycles. The van der Waals surface area contributed by atoms with Crippen molar-refractivity contribution in [3.8, 4) is 17.2 Å². The summed E-state index contributed by atoms with van der Waals surface area (Å²) in [4.78, 5) is 14.4. The van der Waals surface area contributed by atoms with Crippen LogP contribution >= 0.6 is 12.2 Å². The Balaban J connectivity index is 1.70. The van der Waals surface area contributed by atoms with Gasteiger partial charge in [0.1, 0.15) is 11.4 Å². The van der Waals surface area contributed by atoms with Crippen LogP contribution in [0.3, 0.4) is 0 Å². The van der Waals surface area contributed by atoms with Crippen molar-refractivity contribution in [2.45, 2.75) is 20.3 Å². The lowest BCUT2D eigenvalue weighted by atomic mass is 10.1. The molecule has 1 aliphatic heterocycles.